The van der Waals surface area contributed by atoms with E-state index in [0.29, 0.717) is 56.3 Å². The lowest BCUT2D eigenvalue weighted by molar-refractivity contribution is -0.706. The van der Waals surface area contributed by atoms with E-state index in [9.17, 15) is 33.9 Å². The van der Waals surface area contributed by atoms with Crippen molar-refractivity contribution in [1.82, 2.24) is 24.8 Å². The summed E-state index contributed by atoms with van der Waals surface area (Å²) in [6.07, 6.45) is 6.18. The number of aliphatic hydroxyl groups is 1. The third-order valence-electron chi connectivity index (χ3n) is 19.2. The van der Waals surface area contributed by atoms with E-state index in [1.54, 1.807) is 34.1 Å². The Morgan fingerprint density at radius 1 is 0.747 bits per heavy atom. The fourth-order valence-corrected chi connectivity index (χ4v) is 15.1. The number of H-pyrrole nitrogens is 2. The van der Waals surface area contributed by atoms with Crippen LogP contribution in [-0.4, -0.2) is 117 Å². The Balaban J connectivity index is 0.000000148. The number of hydrogen-bond acceptors (Lipinski definition) is 13. The van der Waals surface area contributed by atoms with E-state index in [4.69, 9.17) is 29.2 Å². The minimum Gasteiger partial charge on any atom is -0.493 e. The van der Waals surface area contributed by atoms with Crippen LogP contribution in [0, 0.1) is 5.92 Å². The summed E-state index contributed by atoms with van der Waals surface area (Å²) >= 11 is 0. The van der Waals surface area contributed by atoms with Crippen LogP contribution >= 0.6 is 0 Å². The van der Waals surface area contributed by atoms with Gasteiger partial charge in [0.25, 0.3) is 11.8 Å². The molecule has 4 aromatic heterocycles. The van der Waals surface area contributed by atoms with Crippen molar-refractivity contribution in [2.24, 2.45) is 5.92 Å². The Labute approximate surface area is 571 Å². The number of para-hydroxylation sites is 3. The van der Waals surface area contributed by atoms with Crippen molar-refractivity contribution in [1.29, 1.82) is 0 Å². The molecule has 5 aliphatic rings. The molecule has 0 spiro atoms. The number of ketones is 2. The highest BCUT2D eigenvalue weighted by atomic mass is 16.6. The molecule has 7 aromatic carbocycles. The van der Waals surface area contributed by atoms with Crippen LogP contribution in [0.4, 0.5) is 0 Å². The molecule has 9 heterocycles. The number of allylic oxidation sites excluding steroid dienone is 1. The molecule has 1 saturated heterocycles. The Bertz CT molecular complexity index is 5160. The van der Waals surface area contributed by atoms with Crippen LogP contribution in [0.5, 0.6) is 11.5 Å². The zero-order valence-corrected chi connectivity index (χ0v) is 54.8. The van der Waals surface area contributed by atoms with Gasteiger partial charge in [-0.3, -0.25) is 19.2 Å². The van der Waals surface area contributed by atoms with Gasteiger partial charge in [-0.15, -0.1) is 0 Å². The van der Waals surface area contributed by atoms with Crippen LogP contribution < -0.4 is 19.4 Å². The van der Waals surface area contributed by atoms with Gasteiger partial charge in [0.1, 0.15) is 6.10 Å². The third kappa shape index (κ3) is 11.3. The Kier molecular flexibility index (Phi) is 19.4. The van der Waals surface area contributed by atoms with E-state index < -0.39 is 46.8 Å². The maximum atomic E-state index is 14.0. The van der Waals surface area contributed by atoms with Gasteiger partial charge in [0.2, 0.25) is 23.1 Å². The molecule has 99 heavy (non-hydrogen) atoms. The first-order valence-electron chi connectivity index (χ1n) is 31.9. The molecule has 21 heteroatoms. The Hall–Kier alpha value is -11.1. The molecule has 2 bridgehead atoms. The molecule has 2 amide bonds. The zero-order chi connectivity index (χ0) is 68.2. The average molecular weight is 1340 g/mol. The molecule has 16 rings (SSSR count). The molecule has 1 fully saturated rings. The summed E-state index contributed by atoms with van der Waals surface area (Å²) in [5, 5.41) is 21.8. The predicted molar refractivity (Wildman–Crippen MR) is 377 cm³/mol. The number of methoxy groups -OCH3 is 4. The minimum atomic E-state index is -1.93. The van der Waals surface area contributed by atoms with Crippen molar-refractivity contribution in [3.8, 4) is 22.8 Å². The molecule has 0 radical (unpaired) electrons. The number of benzene rings is 7. The van der Waals surface area contributed by atoms with Crippen LogP contribution in [0.15, 0.2) is 158 Å². The van der Waals surface area contributed by atoms with E-state index >= 15 is 0 Å². The number of Topliss-reactive ketones (excluding diaryl/α,β-unsaturated/α-hetero) is 1. The Morgan fingerprint density at radius 2 is 1.39 bits per heavy atom. The maximum absolute atomic E-state index is 14.0. The lowest BCUT2D eigenvalue weighted by atomic mass is 9.74. The molecule has 508 valence electrons. The van der Waals surface area contributed by atoms with Crippen LogP contribution in [-0.2, 0) is 70.1 Å². The second-order valence-electron chi connectivity index (χ2n) is 24.6. The van der Waals surface area contributed by atoms with Gasteiger partial charge >= 0.3 is 17.7 Å². The van der Waals surface area contributed by atoms with Gasteiger partial charge in [-0.05, 0) is 91.4 Å². The van der Waals surface area contributed by atoms with Crippen LogP contribution in [0.3, 0.4) is 0 Å². The fourth-order valence-electron chi connectivity index (χ4n) is 15.1. The van der Waals surface area contributed by atoms with Crippen LogP contribution in [0.25, 0.3) is 82.2 Å². The quantitative estimate of drug-likeness (QED) is 0.0115. The lowest BCUT2D eigenvalue weighted by Crippen LogP contribution is -2.60. The highest BCUT2D eigenvalue weighted by molar-refractivity contribution is 6.61. The lowest BCUT2D eigenvalue weighted by Gasteiger charge is -2.40. The van der Waals surface area contributed by atoms with E-state index in [2.05, 4.69) is 59.7 Å². The molecule has 0 saturated carbocycles. The number of esters is 2. The number of aromatic nitrogens is 4. The van der Waals surface area contributed by atoms with E-state index in [-0.39, 0.29) is 38.5 Å². The second-order valence-corrected chi connectivity index (χ2v) is 24.6. The molecular formula is C78H79N8O13+. The predicted octanol–water partition coefficient (Wildman–Crippen LogP) is 12.5. The van der Waals surface area contributed by atoms with Gasteiger partial charge < -0.3 is 63.8 Å². The first-order valence-corrected chi connectivity index (χ1v) is 31.9. The van der Waals surface area contributed by atoms with Crippen molar-refractivity contribution in [2.75, 3.05) is 35.0 Å². The number of nitrogens with zero attached hydrogens (tertiary/aromatic N) is 5. The number of carbonyl (C=O) groups is 6. The normalized spacial score (nSPS) is 18.5. The van der Waals surface area contributed by atoms with Crippen LogP contribution in [0.1, 0.15) is 110 Å². The standard InChI is InChI=1S/C29H25N3O5.C29H23N3O3.C13H16O2.C5H6N2O3.2CH4/c1-4-16-25-24-22-21(18-11-7-8-12-31(18)24)20-15(13-30-26(20)33)19-14-9-5-6-10-17(14)32(23(19)22)28(2,37-25)29(16,35)27(34)36-3;1-34-22-12-11-16(13-23(22)35-2)14-32-15-19-24-17-7-3-5-9-20(17)30-27(24)28-25(26(19)29(32)33)18-8-4-6-10-21(18)31-28;1-12(14)7-5-6-10-15-11-13-8-3-2-4-9-13;1-3(8)4(7-6)5(9)10-2;;/h5-12,16,24-25,35H,4,13H2,1-3H3;3-13,30-31H,14-15H2,1-2H3;2-5,7-9H,6,10-11H2,1H3;1-2H3;2*1H4/p+1/b;;7-5+;;;/t16-,24?,25+,28-,29-;;;;;/m0...../s1. The molecule has 5 atom stereocenters. The summed E-state index contributed by atoms with van der Waals surface area (Å²) in [4.78, 5) is 83.8. The monoisotopic (exact) mass is 1340 g/mol. The zero-order valence-electron chi connectivity index (χ0n) is 54.8. The number of fused-ring (bicyclic) bond motifs is 23. The molecular weight excluding hydrogens is 1260 g/mol. The highest BCUT2D eigenvalue weighted by Crippen LogP contribution is 2.61. The molecule has 1 unspecified atom stereocenters. The third-order valence-corrected chi connectivity index (χ3v) is 19.2. The summed E-state index contributed by atoms with van der Waals surface area (Å²) < 4.78 is 36.8. The van der Waals surface area contributed by atoms with Crippen molar-refractivity contribution in [2.45, 2.75) is 105 Å². The minimum absolute atomic E-state index is 0. The van der Waals surface area contributed by atoms with Gasteiger partial charge in [-0.2, -0.15) is 9.36 Å². The fraction of sp³-hybridized carbons (Fsp3) is 0.282. The second kappa shape index (κ2) is 27.8. The van der Waals surface area contributed by atoms with E-state index in [0.717, 1.165) is 125 Å². The van der Waals surface area contributed by atoms with Crippen molar-refractivity contribution in [3.63, 3.8) is 0 Å². The van der Waals surface area contributed by atoms with Crippen LogP contribution in [0.2, 0.25) is 0 Å². The van der Waals surface area contributed by atoms with Crippen molar-refractivity contribution in [3.05, 3.63) is 202 Å². The molecule has 11 aromatic rings. The number of rotatable bonds is 14. The largest absolute Gasteiger partial charge is 0.493 e. The highest BCUT2D eigenvalue weighted by Gasteiger charge is 2.74. The summed E-state index contributed by atoms with van der Waals surface area (Å²) in [7, 11) is 5.65. The summed E-state index contributed by atoms with van der Waals surface area (Å²) in [6, 6.07) is 46.0. The van der Waals surface area contributed by atoms with E-state index in [1.165, 1.54) is 12.7 Å². The smallest absolute Gasteiger partial charge is 0.441 e. The molecule has 5 aliphatic heterocycles. The number of hydrogen-bond donors (Lipinski definition) is 4. The number of ether oxygens (including phenoxy) is 6. The SMILES string of the molecule is C.C.CC(=O)/C=C/CCOCc1ccccc1.CC[C@H]1[C@H]2O[C@](C)(n3c4ccccc4c4c5c(c6c(c43)C2[n+]2ccccc2-6)C(=O)NC5)[C@@]1(O)C(=O)OC.COC(=O)C(=[N+]=[N-])C(C)=O.COc1ccc(CN2Cc3c(c4c5ccccc5[nH]c4c4[nH]c5ccccc5c34)C2=O)cc1OC. The van der Waals surface area contributed by atoms with Gasteiger partial charge in [-0.1, -0.05) is 119 Å². The topological polar surface area (TPSA) is 270 Å². The van der Waals surface area contributed by atoms with E-state index in [1.807, 2.05) is 138 Å². The van der Waals surface area contributed by atoms with Gasteiger partial charge in [0, 0.05) is 88.0 Å². The van der Waals surface area contributed by atoms with Crippen molar-refractivity contribution >= 4 is 106 Å². The summed E-state index contributed by atoms with van der Waals surface area (Å²) in [6.45, 7) is 9.16. The van der Waals surface area contributed by atoms with Crippen molar-refractivity contribution < 1.29 is 71.7 Å². The number of amides is 2. The van der Waals surface area contributed by atoms with Gasteiger partial charge in [0.05, 0.1) is 86.0 Å². The molecule has 0 aliphatic carbocycles. The summed E-state index contributed by atoms with van der Waals surface area (Å²) in [5.74, 6) is -1.42. The number of pyridine rings is 1. The maximum Gasteiger partial charge on any atom is 0.441 e. The first kappa shape index (κ1) is 69.3. The number of carbonyl (C=O) groups excluding carboxylic acids is 6. The Morgan fingerprint density at radius 3 is 2.03 bits per heavy atom. The van der Waals surface area contributed by atoms with Gasteiger partial charge in [0.15, 0.2) is 29.2 Å². The summed E-state index contributed by atoms with van der Waals surface area (Å²) in [5.41, 5.74) is 18.6. The average Bonchev–Trinajstić information content (AvgIpc) is 1.49. The number of nitrogens with one attached hydrogen (secondary N) is 3. The molecule has 21 nitrogen and oxygen atoms in total. The molecule has 4 N–H and O–H groups in total. The number of aromatic amines is 2. The first-order chi connectivity index (χ1) is 47.0. The van der Waals surface area contributed by atoms with Gasteiger partial charge in [-0.25, -0.2) is 9.59 Å².